The van der Waals surface area contributed by atoms with Crippen LogP contribution in [0.15, 0.2) is 34.9 Å². The molecule has 6 nitrogen and oxygen atoms in total. The quantitative estimate of drug-likeness (QED) is 0.839. The van der Waals surface area contributed by atoms with Crippen molar-refractivity contribution in [2.75, 3.05) is 6.54 Å². The van der Waals surface area contributed by atoms with E-state index in [0.29, 0.717) is 24.7 Å². The fraction of sp³-hybridized carbons (Fsp3) is 0.500. The van der Waals surface area contributed by atoms with Gasteiger partial charge in [-0.15, -0.1) is 0 Å². The molecule has 23 heavy (non-hydrogen) atoms. The predicted octanol–water partition coefficient (Wildman–Crippen LogP) is 2.69. The lowest BCUT2D eigenvalue weighted by Crippen LogP contribution is -2.39. The number of sulfonamides is 1. The maximum Gasteiger partial charge on any atom is 0.245 e. The van der Waals surface area contributed by atoms with Crippen LogP contribution in [0.4, 0.5) is 0 Å². The van der Waals surface area contributed by atoms with Gasteiger partial charge in [0.15, 0.2) is 5.82 Å². The molecule has 124 valence electrons. The zero-order valence-electron chi connectivity index (χ0n) is 13.2. The molecule has 1 unspecified atom stereocenters. The largest absolute Gasteiger partial charge is 0.338 e. The molecule has 1 aromatic heterocycles. The topological polar surface area (TPSA) is 76.3 Å². The molecule has 0 radical (unpaired) electrons. The smallest absolute Gasteiger partial charge is 0.245 e. The summed E-state index contributed by atoms with van der Waals surface area (Å²) < 4.78 is 32.5. The highest BCUT2D eigenvalue weighted by Crippen LogP contribution is 2.33. The fourth-order valence-electron chi connectivity index (χ4n) is 2.90. The van der Waals surface area contributed by atoms with Gasteiger partial charge < -0.3 is 4.52 Å². The first kappa shape index (κ1) is 16.1. The van der Waals surface area contributed by atoms with Crippen LogP contribution in [0, 0.1) is 0 Å². The van der Waals surface area contributed by atoms with Crippen molar-refractivity contribution in [3.63, 3.8) is 0 Å². The number of aryl methyl sites for hydroxylation is 1. The van der Waals surface area contributed by atoms with Gasteiger partial charge in [-0.05, 0) is 18.4 Å². The van der Waals surface area contributed by atoms with E-state index < -0.39 is 10.0 Å². The van der Waals surface area contributed by atoms with E-state index in [1.807, 2.05) is 37.3 Å². The van der Waals surface area contributed by atoms with Crippen molar-refractivity contribution in [1.82, 2.24) is 14.4 Å². The maximum absolute atomic E-state index is 12.9. The van der Waals surface area contributed by atoms with Crippen LogP contribution in [0.5, 0.6) is 0 Å². The molecule has 1 aliphatic rings. The van der Waals surface area contributed by atoms with Gasteiger partial charge in [0, 0.05) is 13.0 Å². The SMILES string of the molecule is CCc1noc(C2CCCCN2S(=O)(=O)Cc2ccccc2)n1. The molecule has 1 aromatic carbocycles. The molecule has 1 saturated heterocycles. The Morgan fingerprint density at radius 2 is 2.04 bits per heavy atom. The average Bonchev–Trinajstić information content (AvgIpc) is 3.04. The first-order chi connectivity index (χ1) is 11.1. The first-order valence-electron chi connectivity index (χ1n) is 7.96. The lowest BCUT2D eigenvalue weighted by molar-refractivity contribution is 0.204. The number of aromatic nitrogens is 2. The molecule has 0 amide bonds. The van der Waals surface area contributed by atoms with Crippen LogP contribution in [0.2, 0.25) is 0 Å². The summed E-state index contributed by atoms with van der Waals surface area (Å²) in [6, 6.07) is 8.90. The molecule has 1 aliphatic heterocycles. The van der Waals surface area contributed by atoms with Gasteiger partial charge >= 0.3 is 0 Å². The standard InChI is InChI=1S/C16H21N3O3S/c1-2-15-17-16(22-18-15)14-10-6-7-11-19(14)23(20,21)12-13-8-4-3-5-9-13/h3-5,8-9,14H,2,6-7,10-12H2,1H3. The van der Waals surface area contributed by atoms with E-state index in [0.717, 1.165) is 24.8 Å². The van der Waals surface area contributed by atoms with Gasteiger partial charge in [0.25, 0.3) is 0 Å². The van der Waals surface area contributed by atoms with Crippen molar-refractivity contribution in [1.29, 1.82) is 0 Å². The van der Waals surface area contributed by atoms with Gasteiger partial charge in [-0.1, -0.05) is 48.8 Å². The summed E-state index contributed by atoms with van der Waals surface area (Å²) in [5, 5.41) is 3.90. The van der Waals surface area contributed by atoms with Crippen molar-refractivity contribution in [2.45, 2.75) is 44.4 Å². The first-order valence-corrected chi connectivity index (χ1v) is 9.57. The second kappa shape index (κ2) is 6.80. The zero-order valence-corrected chi connectivity index (χ0v) is 14.0. The Hall–Kier alpha value is -1.73. The van der Waals surface area contributed by atoms with Crippen LogP contribution in [0.25, 0.3) is 0 Å². The molecule has 0 aliphatic carbocycles. The van der Waals surface area contributed by atoms with Gasteiger partial charge in [-0.2, -0.15) is 9.29 Å². The van der Waals surface area contributed by atoms with Crippen LogP contribution >= 0.6 is 0 Å². The highest BCUT2D eigenvalue weighted by atomic mass is 32.2. The molecule has 1 atom stereocenters. The van der Waals surface area contributed by atoms with E-state index in [2.05, 4.69) is 10.1 Å². The number of piperidine rings is 1. The summed E-state index contributed by atoms with van der Waals surface area (Å²) >= 11 is 0. The van der Waals surface area contributed by atoms with E-state index >= 15 is 0 Å². The Labute approximate surface area is 136 Å². The van der Waals surface area contributed by atoms with E-state index in [-0.39, 0.29) is 11.8 Å². The average molecular weight is 335 g/mol. The van der Waals surface area contributed by atoms with Crippen molar-refractivity contribution in [3.8, 4) is 0 Å². The van der Waals surface area contributed by atoms with Gasteiger partial charge in [0.05, 0.1) is 5.75 Å². The van der Waals surface area contributed by atoms with E-state index in [1.165, 1.54) is 4.31 Å². The van der Waals surface area contributed by atoms with Crippen molar-refractivity contribution in [2.24, 2.45) is 0 Å². The Morgan fingerprint density at radius 1 is 1.26 bits per heavy atom. The molecule has 0 spiro atoms. The van der Waals surface area contributed by atoms with Crippen LogP contribution < -0.4 is 0 Å². The van der Waals surface area contributed by atoms with E-state index in [4.69, 9.17) is 4.52 Å². The minimum Gasteiger partial charge on any atom is -0.338 e. The molecule has 3 rings (SSSR count). The number of benzene rings is 1. The lowest BCUT2D eigenvalue weighted by atomic mass is 10.1. The van der Waals surface area contributed by atoms with Gasteiger partial charge in [0.2, 0.25) is 15.9 Å². The summed E-state index contributed by atoms with van der Waals surface area (Å²) in [7, 11) is -3.43. The van der Waals surface area contributed by atoms with E-state index in [1.54, 1.807) is 0 Å². The molecule has 0 saturated carbocycles. The van der Waals surface area contributed by atoms with Crippen LogP contribution in [0.3, 0.4) is 0 Å². The number of hydrogen-bond donors (Lipinski definition) is 0. The second-order valence-electron chi connectivity index (χ2n) is 5.77. The summed E-state index contributed by atoms with van der Waals surface area (Å²) in [4.78, 5) is 4.34. The monoisotopic (exact) mass is 335 g/mol. The Kier molecular flexibility index (Phi) is 4.77. The van der Waals surface area contributed by atoms with Gasteiger partial charge in [-0.3, -0.25) is 0 Å². The summed E-state index contributed by atoms with van der Waals surface area (Å²) in [5.41, 5.74) is 0.789. The number of rotatable bonds is 5. The second-order valence-corrected chi connectivity index (χ2v) is 7.69. The third-order valence-corrected chi connectivity index (χ3v) is 5.94. The Morgan fingerprint density at radius 3 is 2.74 bits per heavy atom. The normalized spacial score (nSPS) is 19.8. The van der Waals surface area contributed by atoms with Gasteiger partial charge in [-0.25, -0.2) is 8.42 Å². The van der Waals surface area contributed by atoms with Crippen molar-refractivity contribution in [3.05, 3.63) is 47.6 Å². The van der Waals surface area contributed by atoms with Crippen LogP contribution in [-0.2, 0) is 22.2 Å². The molecule has 2 aromatic rings. The maximum atomic E-state index is 12.9. The summed E-state index contributed by atoms with van der Waals surface area (Å²) in [5.74, 6) is 1.03. The Balaban J connectivity index is 1.85. The molecule has 0 N–H and O–H groups in total. The molecular weight excluding hydrogens is 314 g/mol. The number of hydrogen-bond acceptors (Lipinski definition) is 5. The Bertz CT molecular complexity index is 743. The van der Waals surface area contributed by atoms with Crippen LogP contribution in [0.1, 0.15) is 49.5 Å². The van der Waals surface area contributed by atoms with Crippen LogP contribution in [-0.4, -0.2) is 29.4 Å². The predicted molar refractivity (Wildman–Crippen MR) is 86.0 cm³/mol. The fourth-order valence-corrected chi connectivity index (χ4v) is 4.67. The third kappa shape index (κ3) is 3.61. The highest BCUT2D eigenvalue weighted by Gasteiger charge is 2.36. The molecule has 7 heteroatoms. The minimum absolute atomic E-state index is 0.000881. The summed E-state index contributed by atoms with van der Waals surface area (Å²) in [6.45, 7) is 2.45. The van der Waals surface area contributed by atoms with Crippen molar-refractivity contribution < 1.29 is 12.9 Å². The molecule has 0 bridgehead atoms. The van der Waals surface area contributed by atoms with Gasteiger partial charge in [0.1, 0.15) is 6.04 Å². The number of nitrogens with zero attached hydrogens (tertiary/aromatic N) is 3. The summed E-state index contributed by atoms with van der Waals surface area (Å²) in [6.07, 6.45) is 3.22. The zero-order chi connectivity index (χ0) is 16.3. The molecule has 1 fully saturated rings. The third-order valence-electron chi connectivity index (χ3n) is 4.09. The van der Waals surface area contributed by atoms with Crippen molar-refractivity contribution >= 4 is 10.0 Å². The molecular formula is C16H21N3O3S. The highest BCUT2D eigenvalue weighted by molar-refractivity contribution is 7.88. The van der Waals surface area contributed by atoms with E-state index in [9.17, 15) is 8.42 Å². The minimum atomic E-state index is -3.43. The lowest BCUT2D eigenvalue weighted by Gasteiger charge is -2.32. The molecule has 2 heterocycles.